The topological polar surface area (TPSA) is 67.4 Å². The number of benzene rings is 1. The number of amides is 1. The summed E-state index contributed by atoms with van der Waals surface area (Å²) >= 11 is 5.71. The smallest absolute Gasteiger partial charge is 0.441 e. The number of carbonyl (C=O) groups excluding carboxylic acids is 2. The van der Waals surface area contributed by atoms with Crippen LogP contribution in [-0.4, -0.2) is 30.3 Å². The molecule has 9 heteroatoms. The van der Waals surface area contributed by atoms with Crippen molar-refractivity contribution in [3.05, 3.63) is 29.3 Å². The molecule has 0 aliphatic carbocycles. The summed E-state index contributed by atoms with van der Waals surface area (Å²) in [5.41, 5.74) is -3.51. The second-order valence-corrected chi connectivity index (χ2v) is 4.72. The number of halogens is 4. The summed E-state index contributed by atoms with van der Waals surface area (Å²) in [6, 6.07) is 5.30. The number of alkyl halides is 3. The third-order valence-electron chi connectivity index (χ3n) is 2.53. The molecule has 22 heavy (non-hydrogen) atoms. The van der Waals surface area contributed by atoms with E-state index in [-0.39, 0.29) is 17.3 Å². The van der Waals surface area contributed by atoms with Gasteiger partial charge < -0.3 is 15.4 Å². The van der Waals surface area contributed by atoms with E-state index in [0.717, 1.165) is 6.92 Å². The molecule has 0 spiro atoms. The molecule has 1 rings (SSSR count). The Hall–Kier alpha value is -1.96. The van der Waals surface area contributed by atoms with Gasteiger partial charge in [-0.2, -0.15) is 13.2 Å². The van der Waals surface area contributed by atoms with Gasteiger partial charge >= 0.3 is 17.8 Å². The molecule has 1 aromatic rings. The Morgan fingerprint density at radius 2 is 1.95 bits per heavy atom. The minimum absolute atomic E-state index is 0.105. The molecule has 1 amide bonds. The molecule has 2 N–H and O–H groups in total. The fraction of sp³-hybridized carbons (Fsp3) is 0.385. The Labute approximate surface area is 129 Å². The number of anilines is 1. The van der Waals surface area contributed by atoms with Gasteiger partial charge in [0.15, 0.2) is 0 Å². The predicted octanol–water partition coefficient (Wildman–Crippen LogP) is 2.71. The highest BCUT2D eigenvalue weighted by molar-refractivity contribution is 6.30. The van der Waals surface area contributed by atoms with Crippen LogP contribution in [0.4, 0.5) is 18.9 Å². The standard InChI is InChI=1S/C13H14ClF3N2O3/c1-3-22-11(21)12(13(15,16)17,18-8(2)20)19-10-6-4-5-9(14)7-10/h4-7,19H,3H2,1-2H3,(H,18,20)/t12-/m1/s1. The number of esters is 1. The van der Waals surface area contributed by atoms with Crippen LogP contribution in [0, 0.1) is 0 Å². The van der Waals surface area contributed by atoms with Crippen LogP contribution in [0.15, 0.2) is 24.3 Å². The Morgan fingerprint density at radius 1 is 1.32 bits per heavy atom. The van der Waals surface area contributed by atoms with E-state index in [2.05, 4.69) is 4.74 Å². The van der Waals surface area contributed by atoms with E-state index in [4.69, 9.17) is 11.6 Å². The Kier molecular flexibility index (Phi) is 5.65. The van der Waals surface area contributed by atoms with Crippen molar-refractivity contribution in [2.24, 2.45) is 0 Å². The van der Waals surface area contributed by atoms with Crippen molar-refractivity contribution in [3.8, 4) is 0 Å². The minimum atomic E-state index is -5.15. The zero-order valence-electron chi connectivity index (χ0n) is 11.8. The van der Waals surface area contributed by atoms with Crippen LogP contribution in [-0.2, 0) is 14.3 Å². The molecule has 0 aliphatic heterocycles. The van der Waals surface area contributed by atoms with Crippen LogP contribution >= 0.6 is 11.6 Å². The summed E-state index contributed by atoms with van der Waals surface area (Å²) < 4.78 is 44.9. The highest BCUT2D eigenvalue weighted by Crippen LogP contribution is 2.33. The number of rotatable bonds is 5. The van der Waals surface area contributed by atoms with Gasteiger partial charge in [-0.05, 0) is 25.1 Å². The van der Waals surface area contributed by atoms with Crippen LogP contribution in [0.25, 0.3) is 0 Å². The van der Waals surface area contributed by atoms with Gasteiger partial charge in [-0.3, -0.25) is 4.79 Å². The van der Waals surface area contributed by atoms with Gasteiger partial charge in [0.1, 0.15) is 0 Å². The quantitative estimate of drug-likeness (QED) is 0.640. The number of ether oxygens (including phenoxy) is 1. The maximum Gasteiger partial charge on any atom is 0.441 e. The van der Waals surface area contributed by atoms with E-state index >= 15 is 0 Å². The lowest BCUT2D eigenvalue weighted by Crippen LogP contribution is -2.69. The molecule has 0 aliphatic rings. The monoisotopic (exact) mass is 338 g/mol. The highest BCUT2D eigenvalue weighted by atomic mass is 35.5. The van der Waals surface area contributed by atoms with Crippen LogP contribution < -0.4 is 10.6 Å². The number of carbonyl (C=O) groups is 2. The van der Waals surface area contributed by atoms with E-state index in [9.17, 15) is 22.8 Å². The maximum atomic E-state index is 13.5. The predicted molar refractivity (Wildman–Crippen MR) is 74.3 cm³/mol. The molecule has 0 aromatic heterocycles. The molecule has 0 unspecified atom stereocenters. The van der Waals surface area contributed by atoms with Gasteiger partial charge in [-0.15, -0.1) is 0 Å². The van der Waals surface area contributed by atoms with Gasteiger partial charge in [0.05, 0.1) is 6.61 Å². The van der Waals surface area contributed by atoms with Gasteiger partial charge in [-0.25, -0.2) is 4.79 Å². The molecule has 0 radical (unpaired) electrons. The molecular formula is C13H14ClF3N2O3. The first-order valence-corrected chi connectivity index (χ1v) is 6.56. The van der Waals surface area contributed by atoms with E-state index < -0.39 is 23.7 Å². The summed E-state index contributed by atoms with van der Waals surface area (Å²) in [5, 5.41) is 3.73. The third-order valence-corrected chi connectivity index (χ3v) is 2.76. The fourth-order valence-electron chi connectivity index (χ4n) is 1.68. The van der Waals surface area contributed by atoms with E-state index in [0.29, 0.717) is 0 Å². The van der Waals surface area contributed by atoms with Gasteiger partial charge in [0, 0.05) is 17.6 Å². The summed E-state index contributed by atoms with van der Waals surface area (Å²) in [5.74, 6) is -2.72. The second kappa shape index (κ2) is 6.87. The van der Waals surface area contributed by atoms with Crippen LogP contribution in [0.1, 0.15) is 13.8 Å². The molecule has 122 valence electrons. The van der Waals surface area contributed by atoms with Crippen LogP contribution in [0.3, 0.4) is 0 Å². The molecule has 0 fully saturated rings. The third kappa shape index (κ3) is 4.03. The first-order chi connectivity index (χ1) is 10.1. The Morgan fingerprint density at radius 3 is 2.41 bits per heavy atom. The number of hydrogen-bond acceptors (Lipinski definition) is 4. The molecule has 0 heterocycles. The first-order valence-electron chi connectivity index (χ1n) is 6.19. The molecule has 0 saturated carbocycles. The highest BCUT2D eigenvalue weighted by Gasteiger charge is 2.63. The van der Waals surface area contributed by atoms with Crippen molar-refractivity contribution >= 4 is 29.2 Å². The van der Waals surface area contributed by atoms with Crippen molar-refractivity contribution < 1.29 is 27.5 Å². The molecule has 0 bridgehead atoms. The van der Waals surface area contributed by atoms with Crippen molar-refractivity contribution in [2.45, 2.75) is 25.7 Å². The van der Waals surface area contributed by atoms with Crippen molar-refractivity contribution in [2.75, 3.05) is 11.9 Å². The minimum Gasteiger partial charge on any atom is -0.463 e. The van der Waals surface area contributed by atoms with E-state index in [1.54, 1.807) is 5.32 Å². The van der Waals surface area contributed by atoms with E-state index in [1.807, 2.05) is 5.32 Å². The van der Waals surface area contributed by atoms with Crippen molar-refractivity contribution in [3.63, 3.8) is 0 Å². The lowest BCUT2D eigenvalue weighted by atomic mass is 10.1. The molecule has 0 saturated heterocycles. The maximum absolute atomic E-state index is 13.5. The number of nitrogens with one attached hydrogen (secondary N) is 2. The zero-order chi connectivity index (χ0) is 17.0. The second-order valence-electron chi connectivity index (χ2n) is 4.28. The molecule has 1 aromatic carbocycles. The Bertz CT molecular complexity index is 566. The number of hydrogen-bond donors (Lipinski definition) is 2. The first kappa shape index (κ1) is 18.1. The molecule has 1 atom stereocenters. The lowest BCUT2D eigenvalue weighted by Gasteiger charge is -2.35. The summed E-state index contributed by atoms with van der Waals surface area (Å²) in [6.45, 7) is 1.93. The largest absolute Gasteiger partial charge is 0.463 e. The average Bonchev–Trinajstić information content (AvgIpc) is 2.36. The zero-order valence-corrected chi connectivity index (χ0v) is 12.5. The van der Waals surface area contributed by atoms with Crippen LogP contribution in [0.5, 0.6) is 0 Å². The average molecular weight is 339 g/mol. The van der Waals surface area contributed by atoms with Crippen molar-refractivity contribution in [1.82, 2.24) is 5.32 Å². The van der Waals surface area contributed by atoms with Crippen molar-refractivity contribution in [1.29, 1.82) is 0 Å². The summed E-state index contributed by atoms with van der Waals surface area (Å²) in [4.78, 5) is 23.1. The Balaban J connectivity index is 3.34. The molecular weight excluding hydrogens is 325 g/mol. The summed E-state index contributed by atoms with van der Waals surface area (Å²) in [6.07, 6.45) is -5.15. The molecule has 5 nitrogen and oxygen atoms in total. The van der Waals surface area contributed by atoms with E-state index in [1.165, 1.54) is 31.2 Å². The van der Waals surface area contributed by atoms with Gasteiger partial charge in [0.25, 0.3) is 0 Å². The summed E-state index contributed by atoms with van der Waals surface area (Å²) in [7, 11) is 0. The fourth-order valence-corrected chi connectivity index (χ4v) is 1.87. The SMILES string of the molecule is CCOC(=O)[C@@](NC(C)=O)(Nc1cccc(Cl)c1)C(F)(F)F. The van der Waals surface area contributed by atoms with Gasteiger partial charge in [0.2, 0.25) is 5.91 Å². The van der Waals surface area contributed by atoms with Gasteiger partial charge in [-0.1, -0.05) is 17.7 Å². The lowest BCUT2D eigenvalue weighted by molar-refractivity contribution is -0.207. The van der Waals surface area contributed by atoms with Crippen LogP contribution in [0.2, 0.25) is 5.02 Å². The normalized spacial score (nSPS) is 13.9.